The van der Waals surface area contributed by atoms with E-state index in [0.717, 1.165) is 29.7 Å². The Hall–Kier alpha value is -0.0800. The van der Waals surface area contributed by atoms with E-state index < -0.39 is 0 Å². The van der Waals surface area contributed by atoms with E-state index in [9.17, 15) is 0 Å². The van der Waals surface area contributed by atoms with E-state index in [4.69, 9.17) is 0 Å². The third-order valence-electron chi connectivity index (χ3n) is 6.13. The van der Waals surface area contributed by atoms with Crippen molar-refractivity contribution in [2.45, 2.75) is 71.3 Å². The Balaban J connectivity index is 1.47. The van der Waals surface area contributed by atoms with E-state index in [1.54, 1.807) is 0 Å². The second-order valence-corrected chi connectivity index (χ2v) is 8.51. The first-order valence-corrected chi connectivity index (χ1v) is 9.66. The quantitative estimate of drug-likeness (QED) is 0.798. The molecule has 2 aliphatic carbocycles. The van der Waals surface area contributed by atoms with Crippen LogP contribution in [-0.4, -0.2) is 37.1 Å². The minimum absolute atomic E-state index is 0.756. The number of nitrogens with one attached hydrogen (secondary N) is 1. The number of piperidine rings is 1. The van der Waals surface area contributed by atoms with Crippen molar-refractivity contribution in [2.75, 3.05) is 26.2 Å². The first kappa shape index (κ1) is 15.8. The lowest BCUT2D eigenvalue weighted by Crippen LogP contribution is -2.51. The van der Waals surface area contributed by atoms with Crippen LogP contribution in [0.5, 0.6) is 0 Å². The molecule has 3 fully saturated rings. The Morgan fingerprint density at radius 2 is 1.71 bits per heavy atom. The predicted octanol–water partition coefficient (Wildman–Crippen LogP) is 3.91. The Morgan fingerprint density at radius 3 is 2.38 bits per heavy atom. The van der Waals surface area contributed by atoms with Crippen molar-refractivity contribution in [3.8, 4) is 0 Å². The topological polar surface area (TPSA) is 15.3 Å². The van der Waals surface area contributed by atoms with Crippen LogP contribution in [0.3, 0.4) is 0 Å². The monoisotopic (exact) mass is 292 g/mol. The number of nitrogens with zero attached hydrogens (tertiary/aromatic N) is 1. The van der Waals surface area contributed by atoms with Gasteiger partial charge in [-0.3, -0.25) is 0 Å². The molecule has 0 aromatic rings. The Bertz CT molecular complexity index is 305. The first-order chi connectivity index (χ1) is 10.2. The lowest BCUT2D eigenvalue weighted by atomic mass is 9.84. The summed E-state index contributed by atoms with van der Waals surface area (Å²) in [6.45, 7) is 10.2. The minimum atomic E-state index is 0.756. The molecule has 2 atom stereocenters. The van der Waals surface area contributed by atoms with Gasteiger partial charge in [-0.2, -0.15) is 0 Å². The molecular weight excluding hydrogens is 256 g/mol. The Labute approximate surface area is 132 Å². The molecule has 0 bridgehead atoms. The lowest BCUT2D eigenvalue weighted by Gasteiger charge is -2.40. The van der Waals surface area contributed by atoms with Gasteiger partial charge in [-0.15, -0.1) is 0 Å². The average molecular weight is 293 g/mol. The summed E-state index contributed by atoms with van der Waals surface area (Å²) in [5.41, 5.74) is 0. The van der Waals surface area contributed by atoms with Crippen LogP contribution in [0.25, 0.3) is 0 Å². The molecule has 1 heterocycles. The molecule has 3 rings (SSSR count). The van der Waals surface area contributed by atoms with Crippen molar-refractivity contribution in [3.05, 3.63) is 0 Å². The van der Waals surface area contributed by atoms with Gasteiger partial charge in [-0.05, 0) is 62.3 Å². The molecule has 1 N–H and O–H groups in total. The van der Waals surface area contributed by atoms with E-state index in [1.807, 2.05) is 0 Å². The van der Waals surface area contributed by atoms with Gasteiger partial charge in [0, 0.05) is 25.7 Å². The minimum Gasteiger partial charge on any atom is -0.312 e. The van der Waals surface area contributed by atoms with E-state index in [0.29, 0.717) is 0 Å². The molecule has 0 aromatic heterocycles. The highest BCUT2D eigenvalue weighted by atomic mass is 15.2. The molecule has 2 unspecified atom stereocenters. The molecule has 122 valence electrons. The highest BCUT2D eigenvalue weighted by molar-refractivity contribution is 4.88. The molecule has 21 heavy (non-hydrogen) atoms. The fourth-order valence-corrected chi connectivity index (χ4v) is 4.40. The molecule has 3 aliphatic rings. The third kappa shape index (κ3) is 4.96. The van der Waals surface area contributed by atoms with Crippen LogP contribution in [-0.2, 0) is 0 Å². The standard InChI is InChI=1S/C19H36N2/c1-15(2)18-10-19(14-21(13-18)12-17-8-9-17)20-11-16-6-4-3-5-7-16/h15-20H,3-14H2,1-2H3. The van der Waals surface area contributed by atoms with Gasteiger partial charge in [0.15, 0.2) is 0 Å². The van der Waals surface area contributed by atoms with E-state index >= 15 is 0 Å². The number of likely N-dealkylation sites (tertiary alicyclic amines) is 1. The molecule has 0 spiro atoms. The van der Waals surface area contributed by atoms with Crippen LogP contribution >= 0.6 is 0 Å². The van der Waals surface area contributed by atoms with Crippen LogP contribution in [0.4, 0.5) is 0 Å². The molecule has 1 saturated heterocycles. The second-order valence-electron chi connectivity index (χ2n) is 8.51. The maximum atomic E-state index is 3.96. The third-order valence-corrected chi connectivity index (χ3v) is 6.13. The zero-order valence-electron chi connectivity index (χ0n) is 14.3. The molecule has 2 nitrogen and oxygen atoms in total. The molecular formula is C19H36N2. The van der Waals surface area contributed by atoms with Gasteiger partial charge in [-0.25, -0.2) is 0 Å². The van der Waals surface area contributed by atoms with E-state index in [-0.39, 0.29) is 0 Å². The SMILES string of the molecule is CC(C)C1CC(NCC2CCCCC2)CN(CC2CC2)C1. The number of rotatable bonds is 6. The largest absolute Gasteiger partial charge is 0.312 e. The van der Waals surface area contributed by atoms with Crippen molar-refractivity contribution in [1.29, 1.82) is 0 Å². The molecule has 1 aliphatic heterocycles. The first-order valence-electron chi connectivity index (χ1n) is 9.66. The zero-order chi connectivity index (χ0) is 14.7. The summed E-state index contributed by atoms with van der Waals surface area (Å²) in [6, 6.07) is 0.756. The van der Waals surface area contributed by atoms with Gasteiger partial charge in [0.1, 0.15) is 0 Å². The van der Waals surface area contributed by atoms with Crippen molar-refractivity contribution in [2.24, 2.45) is 23.7 Å². The van der Waals surface area contributed by atoms with Crippen molar-refractivity contribution in [1.82, 2.24) is 10.2 Å². The van der Waals surface area contributed by atoms with Crippen molar-refractivity contribution >= 4 is 0 Å². The van der Waals surface area contributed by atoms with Gasteiger partial charge in [0.25, 0.3) is 0 Å². The summed E-state index contributed by atoms with van der Waals surface area (Å²) >= 11 is 0. The fraction of sp³-hybridized carbons (Fsp3) is 1.00. The molecule has 0 amide bonds. The molecule has 2 saturated carbocycles. The highest BCUT2D eigenvalue weighted by Gasteiger charge is 2.32. The number of hydrogen-bond acceptors (Lipinski definition) is 2. The maximum Gasteiger partial charge on any atom is 0.0198 e. The maximum absolute atomic E-state index is 3.96. The lowest BCUT2D eigenvalue weighted by molar-refractivity contribution is 0.108. The summed E-state index contributed by atoms with van der Waals surface area (Å²) in [4.78, 5) is 2.78. The Morgan fingerprint density at radius 1 is 0.952 bits per heavy atom. The fourth-order valence-electron chi connectivity index (χ4n) is 4.40. The van der Waals surface area contributed by atoms with E-state index in [2.05, 4.69) is 24.1 Å². The van der Waals surface area contributed by atoms with Gasteiger partial charge in [-0.1, -0.05) is 33.1 Å². The Kier molecular flexibility index (Phi) is 5.61. The average Bonchev–Trinajstić information content (AvgIpc) is 3.30. The van der Waals surface area contributed by atoms with Gasteiger partial charge in [0.05, 0.1) is 0 Å². The summed E-state index contributed by atoms with van der Waals surface area (Å²) in [5.74, 6) is 3.75. The van der Waals surface area contributed by atoms with Crippen LogP contribution in [0.2, 0.25) is 0 Å². The summed E-state index contributed by atoms with van der Waals surface area (Å²) in [7, 11) is 0. The van der Waals surface area contributed by atoms with Gasteiger partial charge < -0.3 is 10.2 Å². The molecule has 0 aromatic carbocycles. The molecule has 0 radical (unpaired) electrons. The number of hydrogen-bond donors (Lipinski definition) is 1. The zero-order valence-corrected chi connectivity index (χ0v) is 14.3. The van der Waals surface area contributed by atoms with Crippen molar-refractivity contribution < 1.29 is 0 Å². The van der Waals surface area contributed by atoms with Crippen LogP contribution in [0.15, 0.2) is 0 Å². The van der Waals surface area contributed by atoms with Gasteiger partial charge in [0.2, 0.25) is 0 Å². The van der Waals surface area contributed by atoms with Crippen LogP contribution in [0.1, 0.15) is 65.2 Å². The summed E-state index contributed by atoms with van der Waals surface area (Å²) < 4.78 is 0. The predicted molar refractivity (Wildman–Crippen MR) is 90.5 cm³/mol. The van der Waals surface area contributed by atoms with Gasteiger partial charge >= 0.3 is 0 Å². The molecule has 2 heteroatoms. The van der Waals surface area contributed by atoms with Crippen molar-refractivity contribution in [3.63, 3.8) is 0 Å². The summed E-state index contributed by atoms with van der Waals surface area (Å²) in [6.07, 6.45) is 11.7. The summed E-state index contributed by atoms with van der Waals surface area (Å²) in [5, 5.41) is 3.96. The van der Waals surface area contributed by atoms with Crippen LogP contribution < -0.4 is 5.32 Å². The smallest absolute Gasteiger partial charge is 0.0198 e. The van der Waals surface area contributed by atoms with Crippen LogP contribution in [0, 0.1) is 23.7 Å². The highest BCUT2D eigenvalue weighted by Crippen LogP contribution is 2.32. The normalized spacial score (nSPS) is 32.7. The van der Waals surface area contributed by atoms with E-state index in [1.165, 1.54) is 77.5 Å². The second kappa shape index (κ2) is 7.46.